The van der Waals surface area contributed by atoms with Crippen LogP contribution in [0.15, 0.2) is 4.99 Å². The van der Waals surface area contributed by atoms with E-state index in [1.54, 1.807) is 0 Å². The predicted molar refractivity (Wildman–Crippen MR) is 58.2 cm³/mol. The molecule has 82 valence electrons. The highest BCUT2D eigenvalue weighted by atomic mass is 16.2. The van der Waals surface area contributed by atoms with Gasteiger partial charge in [-0.1, -0.05) is 20.8 Å². The van der Waals surface area contributed by atoms with E-state index < -0.39 is 6.03 Å². The first-order valence-corrected chi connectivity index (χ1v) is 4.61. The summed E-state index contributed by atoms with van der Waals surface area (Å²) < 4.78 is 0. The summed E-state index contributed by atoms with van der Waals surface area (Å²) in [7, 11) is 0. The molecular formula is C9H20N4O. The second kappa shape index (κ2) is 6.23. The van der Waals surface area contributed by atoms with Gasteiger partial charge in [0.05, 0.1) is 13.1 Å². The molecule has 0 aliphatic carbocycles. The van der Waals surface area contributed by atoms with Crippen molar-refractivity contribution in [2.75, 3.05) is 19.6 Å². The first-order valence-electron chi connectivity index (χ1n) is 4.61. The third-order valence-electron chi connectivity index (χ3n) is 1.92. The molecule has 0 saturated heterocycles. The lowest BCUT2D eigenvalue weighted by Gasteiger charge is -2.16. The van der Waals surface area contributed by atoms with Crippen LogP contribution in [-0.4, -0.2) is 36.5 Å². The maximum atomic E-state index is 10.9. The molecule has 0 bridgehead atoms. The van der Waals surface area contributed by atoms with Crippen molar-refractivity contribution in [3.05, 3.63) is 0 Å². The molecular weight excluding hydrogens is 180 g/mol. The number of nitrogens with one attached hydrogen (secondary N) is 1. The van der Waals surface area contributed by atoms with E-state index in [1.807, 2.05) is 0 Å². The largest absolute Gasteiger partial charge is 0.356 e. The Labute approximate surface area is 85.4 Å². The smallest absolute Gasteiger partial charge is 0.321 e. The summed E-state index contributed by atoms with van der Waals surface area (Å²) in [5.74, 6) is 0.626. The van der Waals surface area contributed by atoms with Gasteiger partial charge in [0, 0.05) is 6.54 Å². The zero-order valence-corrected chi connectivity index (χ0v) is 7.92. The van der Waals surface area contributed by atoms with E-state index in [-0.39, 0.29) is 7.43 Å². The van der Waals surface area contributed by atoms with Crippen molar-refractivity contribution in [3.8, 4) is 0 Å². The van der Waals surface area contributed by atoms with Crippen LogP contribution < -0.4 is 11.1 Å². The van der Waals surface area contributed by atoms with Crippen molar-refractivity contribution in [2.45, 2.75) is 27.2 Å². The number of amides is 2. The number of unbranched alkanes of at least 4 members (excludes halogenated alkanes) is 1. The Balaban J connectivity index is 0.00000169. The molecule has 5 nitrogen and oxygen atoms in total. The van der Waals surface area contributed by atoms with Crippen LogP contribution in [0.1, 0.15) is 27.2 Å². The lowest BCUT2D eigenvalue weighted by atomic mass is 10.3. The molecule has 1 aliphatic heterocycles. The number of hydrogen-bond acceptors (Lipinski definition) is 3. The van der Waals surface area contributed by atoms with Crippen molar-refractivity contribution in [2.24, 2.45) is 10.7 Å². The fraction of sp³-hybridized carbons (Fsp3) is 0.778. The van der Waals surface area contributed by atoms with Crippen LogP contribution in [0.4, 0.5) is 4.79 Å². The van der Waals surface area contributed by atoms with Crippen LogP contribution in [0, 0.1) is 0 Å². The van der Waals surface area contributed by atoms with E-state index in [9.17, 15) is 4.79 Å². The molecule has 0 aromatic carbocycles. The maximum absolute atomic E-state index is 10.9. The highest BCUT2D eigenvalue weighted by Crippen LogP contribution is 1.98. The average Bonchev–Trinajstić information content (AvgIpc) is 2.53. The topological polar surface area (TPSA) is 70.7 Å². The molecule has 3 N–H and O–H groups in total. The fourth-order valence-corrected chi connectivity index (χ4v) is 1.19. The van der Waals surface area contributed by atoms with Crippen LogP contribution >= 0.6 is 0 Å². The third kappa shape index (κ3) is 3.24. The Morgan fingerprint density at radius 2 is 2.43 bits per heavy atom. The summed E-state index contributed by atoms with van der Waals surface area (Å²) in [5, 5.41) is 3.09. The molecule has 1 aliphatic rings. The molecule has 0 aromatic heterocycles. The molecule has 1 rings (SSSR count). The highest BCUT2D eigenvalue weighted by molar-refractivity contribution is 5.96. The third-order valence-corrected chi connectivity index (χ3v) is 1.92. The fourth-order valence-electron chi connectivity index (χ4n) is 1.19. The minimum Gasteiger partial charge on any atom is -0.356 e. The van der Waals surface area contributed by atoms with Crippen LogP contribution in [0.5, 0.6) is 0 Å². The Morgan fingerprint density at radius 3 is 3.00 bits per heavy atom. The maximum Gasteiger partial charge on any atom is 0.321 e. The van der Waals surface area contributed by atoms with Gasteiger partial charge in [0.15, 0.2) is 0 Å². The summed E-state index contributed by atoms with van der Waals surface area (Å²) in [6.45, 7) is 4.21. The van der Waals surface area contributed by atoms with Crippen LogP contribution in [0.25, 0.3) is 0 Å². The number of rotatable bonds is 3. The SMILES string of the molecule is C.CCCCNC1=NCCN1C(N)=O. The molecule has 2 amide bonds. The normalized spacial score (nSPS) is 14.6. The van der Waals surface area contributed by atoms with Crippen molar-refractivity contribution >= 4 is 12.0 Å². The van der Waals surface area contributed by atoms with Gasteiger partial charge in [-0.15, -0.1) is 0 Å². The number of carbonyl (C=O) groups is 1. The number of aliphatic imine (C=N–C) groups is 1. The number of urea groups is 1. The van der Waals surface area contributed by atoms with Gasteiger partial charge in [-0.05, 0) is 6.42 Å². The van der Waals surface area contributed by atoms with Crippen LogP contribution in [0.2, 0.25) is 0 Å². The summed E-state index contributed by atoms with van der Waals surface area (Å²) >= 11 is 0. The molecule has 14 heavy (non-hydrogen) atoms. The lowest BCUT2D eigenvalue weighted by Crippen LogP contribution is -2.45. The average molecular weight is 200 g/mol. The van der Waals surface area contributed by atoms with Crippen molar-refractivity contribution < 1.29 is 4.79 Å². The first-order chi connectivity index (χ1) is 6.25. The molecule has 0 spiro atoms. The summed E-state index contributed by atoms with van der Waals surface area (Å²) in [6.07, 6.45) is 2.20. The molecule has 0 unspecified atom stereocenters. The van der Waals surface area contributed by atoms with E-state index in [2.05, 4.69) is 17.2 Å². The predicted octanol–water partition coefficient (Wildman–Crippen LogP) is 0.763. The summed E-state index contributed by atoms with van der Waals surface area (Å²) in [4.78, 5) is 16.5. The number of nitrogens with zero attached hydrogens (tertiary/aromatic N) is 2. The number of carbonyl (C=O) groups excluding carboxylic acids is 1. The molecule has 0 fully saturated rings. The minimum atomic E-state index is -0.430. The van der Waals surface area contributed by atoms with E-state index in [1.165, 1.54) is 4.90 Å². The van der Waals surface area contributed by atoms with Crippen LogP contribution in [0.3, 0.4) is 0 Å². The number of guanidine groups is 1. The monoisotopic (exact) mass is 200 g/mol. The van der Waals surface area contributed by atoms with Gasteiger partial charge in [-0.25, -0.2) is 4.79 Å². The lowest BCUT2D eigenvalue weighted by molar-refractivity contribution is 0.231. The minimum absolute atomic E-state index is 0. The van der Waals surface area contributed by atoms with E-state index in [0.29, 0.717) is 19.0 Å². The summed E-state index contributed by atoms with van der Waals surface area (Å²) in [5.41, 5.74) is 5.16. The quantitative estimate of drug-likeness (QED) is 0.660. The Hall–Kier alpha value is -1.26. The van der Waals surface area contributed by atoms with Crippen molar-refractivity contribution in [1.29, 1.82) is 0 Å². The highest BCUT2D eigenvalue weighted by Gasteiger charge is 2.20. The molecule has 1 heterocycles. The van der Waals surface area contributed by atoms with Gasteiger partial charge in [0.2, 0.25) is 5.96 Å². The van der Waals surface area contributed by atoms with Crippen molar-refractivity contribution in [3.63, 3.8) is 0 Å². The van der Waals surface area contributed by atoms with E-state index >= 15 is 0 Å². The van der Waals surface area contributed by atoms with Gasteiger partial charge in [-0.3, -0.25) is 9.89 Å². The zero-order valence-electron chi connectivity index (χ0n) is 7.92. The van der Waals surface area contributed by atoms with Gasteiger partial charge >= 0.3 is 6.03 Å². The molecule has 0 radical (unpaired) electrons. The Kier molecular flexibility index (Phi) is 5.67. The Morgan fingerprint density at radius 1 is 1.71 bits per heavy atom. The molecule has 5 heteroatoms. The zero-order chi connectivity index (χ0) is 9.68. The van der Waals surface area contributed by atoms with Gasteiger partial charge in [0.1, 0.15) is 0 Å². The molecule has 0 saturated carbocycles. The van der Waals surface area contributed by atoms with Gasteiger partial charge in [-0.2, -0.15) is 0 Å². The standard InChI is InChI=1S/C8H16N4O.CH4/c1-2-3-4-10-8-11-5-6-12(8)7(9)13;/h2-6H2,1H3,(H2,9,13)(H,10,11);1H4. The first kappa shape index (κ1) is 12.7. The molecule has 0 atom stereocenters. The van der Waals surface area contributed by atoms with E-state index in [4.69, 9.17) is 5.73 Å². The van der Waals surface area contributed by atoms with E-state index in [0.717, 1.165) is 19.4 Å². The van der Waals surface area contributed by atoms with Crippen LogP contribution in [-0.2, 0) is 0 Å². The second-order valence-electron chi connectivity index (χ2n) is 2.98. The summed E-state index contributed by atoms with van der Waals surface area (Å²) in [6, 6.07) is -0.430. The number of hydrogen-bond donors (Lipinski definition) is 2. The number of nitrogens with two attached hydrogens (primary N) is 1. The van der Waals surface area contributed by atoms with Gasteiger partial charge < -0.3 is 11.1 Å². The Bertz CT molecular complexity index is 215. The second-order valence-corrected chi connectivity index (χ2v) is 2.98. The number of primary amides is 1. The van der Waals surface area contributed by atoms with Crippen molar-refractivity contribution in [1.82, 2.24) is 10.2 Å². The van der Waals surface area contributed by atoms with Gasteiger partial charge in [0.25, 0.3) is 0 Å². The molecule has 0 aromatic rings.